The number of anilines is 4. The van der Waals surface area contributed by atoms with Crippen molar-refractivity contribution in [3.8, 4) is 28.4 Å². The van der Waals surface area contributed by atoms with Gasteiger partial charge in [0, 0.05) is 61.3 Å². The van der Waals surface area contributed by atoms with Gasteiger partial charge in [0.15, 0.2) is 0 Å². The molecule has 0 fully saturated rings. The predicted octanol–water partition coefficient (Wildman–Crippen LogP) is 14.5. The topological polar surface area (TPSA) is 33.5 Å². The Bertz CT molecular complexity index is 2860. The second-order valence-electron chi connectivity index (χ2n) is 18.8. The molecule has 8 aromatic rings. The van der Waals surface area contributed by atoms with Crippen LogP contribution in [0.1, 0.15) is 79.0 Å². The summed E-state index contributed by atoms with van der Waals surface area (Å²) in [7, 11) is 0. The summed E-state index contributed by atoms with van der Waals surface area (Å²) in [6, 6.07) is 54.7. The molecule has 0 radical (unpaired) electrons. The van der Waals surface area contributed by atoms with Gasteiger partial charge in [0.2, 0.25) is 0 Å². The Kier molecular flexibility index (Phi) is 10.6. The molecule has 0 unspecified atom stereocenters. The molecule has 0 saturated heterocycles. The van der Waals surface area contributed by atoms with Crippen LogP contribution in [0.15, 0.2) is 140 Å². The average Bonchev–Trinajstić information content (AvgIpc) is 3.76. The monoisotopic (exact) mass is 966 g/mol. The van der Waals surface area contributed by atoms with E-state index in [1.54, 1.807) is 0 Å². The molecule has 0 bridgehead atoms. The molecule has 0 atom stereocenters. The van der Waals surface area contributed by atoms with Crippen molar-refractivity contribution >= 4 is 44.6 Å². The van der Waals surface area contributed by atoms with Gasteiger partial charge in [-0.3, -0.25) is 0 Å². The molecule has 0 N–H and O–H groups in total. The van der Waals surface area contributed by atoms with Crippen LogP contribution in [0, 0.1) is 18.8 Å². The second kappa shape index (κ2) is 15.4. The van der Waals surface area contributed by atoms with Gasteiger partial charge in [-0.1, -0.05) is 128 Å². The van der Waals surface area contributed by atoms with E-state index in [1.807, 2.05) is 24.4 Å². The van der Waals surface area contributed by atoms with E-state index in [4.69, 9.17) is 9.72 Å². The van der Waals surface area contributed by atoms with Gasteiger partial charge in [-0.05, 0) is 91.9 Å². The summed E-state index contributed by atoms with van der Waals surface area (Å²) in [6.45, 7) is 22.5. The van der Waals surface area contributed by atoms with Crippen LogP contribution in [0.2, 0.25) is 0 Å². The molecule has 9 rings (SSSR count). The van der Waals surface area contributed by atoms with Gasteiger partial charge < -0.3 is 19.1 Å². The molecule has 1 aliphatic rings. The van der Waals surface area contributed by atoms with Crippen molar-refractivity contribution in [3.05, 3.63) is 175 Å². The van der Waals surface area contributed by atoms with E-state index >= 15 is 0 Å². The standard InChI is InChI=1S/C54H51N4O.Pt/c1-52(2,3)38-22-25-47-46(31-38)45-24-23-44(34-50(45)58(47)51-32-39(26-27-55-51)53(4,5)6)59-43-19-15-18-41(33-43)56-35-57(49-21-14-13-20-48(49)56)42-29-37(36-16-11-10-12-17-36)28-40(30-42)54(7,8)9;/h10-32,35H,1-9H3;/q-3;. The largest absolute Gasteiger partial charge is 0.509 e. The van der Waals surface area contributed by atoms with Crippen molar-refractivity contribution in [1.29, 1.82) is 0 Å². The molecular weight excluding hydrogens is 916 g/mol. The van der Waals surface area contributed by atoms with Gasteiger partial charge in [0.05, 0.1) is 0 Å². The number of benzene rings is 6. The van der Waals surface area contributed by atoms with Crippen LogP contribution in [-0.2, 0) is 37.3 Å². The van der Waals surface area contributed by atoms with Crippen LogP contribution >= 0.6 is 0 Å². The summed E-state index contributed by atoms with van der Waals surface area (Å²) in [4.78, 5) is 9.38. The van der Waals surface area contributed by atoms with E-state index in [9.17, 15) is 0 Å². The molecule has 306 valence electrons. The van der Waals surface area contributed by atoms with Crippen molar-refractivity contribution in [1.82, 2.24) is 9.55 Å². The van der Waals surface area contributed by atoms with Crippen molar-refractivity contribution in [2.75, 3.05) is 9.80 Å². The number of hydrogen-bond acceptors (Lipinski definition) is 4. The fourth-order valence-corrected chi connectivity index (χ4v) is 7.94. The maximum atomic E-state index is 6.65. The molecule has 6 aromatic carbocycles. The summed E-state index contributed by atoms with van der Waals surface area (Å²) >= 11 is 0. The minimum Gasteiger partial charge on any atom is -0.509 e. The number of pyridine rings is 1. The van der Waals surface area contributed by atoms with E-state index in [0.717, 1.165) is 45.0 Å². The number of para-hydroxylation sites is 2. The van der Waals surface area contributed by atoms with E-state index in [-0.39, 0.29) is 37.3 Å². The van der Waals surface area contributed by atoms with Crippen molar-refractivity contribution in [3.63, 3.8) is 0 Å². The summed E-state index contributed by atoms with van der Waals surface area (Å²) in [5.74, 6) is 2.08. The van der Waals surface area contributed by atoms with Crippen LogP contribution in [0.3, 0.4) is 0 Å². The van der Waals surface area contributed by atoms with E-state index in [2.05, 4.69) is 211 Å². The quantitative estimate of drug-likeness (QED) is 0.156. The summed E-state index contributed by atoms with van der Waals surface area (Å²) in [5, 5.41) is 2.27. The Morgan fingerprint density at radius 1 is 0.533 bits per heavy atom. The van der Waals surface area contributed by atoms with Crippen LogP contribution in [-0.4, -0.2) is 9.55 Å². The zero-order chi connectivity index (χ0) is 41.3. The maximum absolute atomic E-state index is 6.65. The van der Waals surface area contributed by atoms with Crippen molar-refractivity contribution in [2.24, 2.45) is 0 Å². The van der Waals surface area contributed by atoms with Crippen molar-refractivity contribution < 1.29 is 25.8 Å². The van der Waals surface area contributed by atoms with Gasteiger partial charge in [0.1, 0.15) is 5.82 Å². The third-order valence-corrected chi connectivity index (χ3v) is 11.4. The van der Waals surface area contributed by atoms with Gasteiger partial charge in [-0.25, -0.2) is 4.98 Å². The maximum Gasteiger partial charge on any atom is 0.135 e. The minimum atomic E-state index is -0.0331. The Hall–Kier alpha value is -5.64. The Morgan fingerprint density at radius 2 is 1.20 bits per heavy atom. The number of hydrogen-bond donors (Lipinski definition) is 0. The summed E-state index contributed by atoms with van der Waals surface area (Å²) in [5.41, 5.74) is 12.3. The molecule has 0 spiro atoms. The first-order chi connectivity index (χ1) is 28.1. The Morgan fingerprint density at radius 3 is 1.92 bits per heavy atom. The van der Waals surface area contributed by atoms with Crippen LogP contribution < -0.4 is 14.5 Å². The molecule has 0 amide bonds. The summed E-state index contributed by atoms with van der Waals surface area (Å²) < 4.78 is 8.87. The number of nitrogens with zero attached hydrogens (tertiary/aromatic N) is 4. The predicted molar refractivity (Wildman–Crippen MR) is 246 cm³/mol. The fraction of sp³-hybridized carbons (Fsp3) is 0.222. The first-order valence-electron chi connectivity index (χ1n) is 20.5. The molecule has 6 heteroatoms. The molecule has 0 saturated carbocycles. The molecule has 2 aromatic heterocycles. The molecule has 1 aliphatic heterocycles. The van der Waals surface area contributed by atoms with Crippen LogP contribution in [0.4, 0.5) is 22.7 Å². The van der Waals surface area contributed by atoms with Crippen molar-refractivity contribution in [2.45, 2.75) is 78.6 Å². The van der Waals surface area contributed by atoms with Gasteiger partial charge in [-0.15, -0.1) is 48.1 Å². The summed E-state index contributed by atoms with van der Waals surface area (Å²) in [6.07, 6.45) is 1.91. The van der Waals surface area contributed by atoms with Gasteiger partial charge in [0.25, 0.3) is 0 Å². The average molecular weight is 967 g/mol. The fourth-order valence-electron chi connectivity index (χ4n) is 7.94. The zero-order valence-electron chi connectivity index (χ0n) is 35.9. The van der Waals surface area contributed by atoms with E-state index in [1.165, 1.54) is 33.2 Å². The molecule has 3 heterocycles. The number of aromatic nitrogens is 2. The molecule has 60 heavy (non-hydrogen) atoms. The number of ether oxygens (including phenoxy) is 1. The van der Waals surface area contributed by atoms with E-state index in [0.29, 0.717) is 11.5 Å². The Labute approximate surface area is 369 Å². The zero-order valence-corrected chi connectivity index (χ0v) is 38.1. The smallest absolute Gasteiger partial charge is 0.135 e. The minimum absolute atomic E-state index is 0. The number of fused-ring (bicyclic) bond motifs is 4. The van der Waals surface area contributed by atoms with Crippen LogP contribution in [0.5, 0.6) is 11.5 Å². The normalized spacial score (nSPS) is 13.2. The molecule has 0 aliphatic carbocycles. The number of rotatable bonds is 6. The molecule has 5 nitrogen and oxygen atoms in total. The van der Waals surface area contributed by atoms with Gasteiger partial charge in [-0.2, -0.15) is 12.1 Å². The second-order valence-corrected chi connectivity index (χ2v) is 18.8. The SMILES string of the molecule is CC(C)(C)c1cc(-c2ccccc2)cc(N2[CH-]N(c3[c-]c(Oc4[c-]c5c(cc4)c4cc(C(C)(C)C)ccc4n5-c4cc(C(C)(C)C)ccn4)ccc3)c3ccccc32)c1.[Pt]. The third kappa shape index (κ3) is 7.77. The van der Waals surface area contributed by atoms with E-state index < -0.39 is 0 Å². The Balaban J connectivity index is 0.00000499. The molecular formula is C54H51N4OPt-3. The van der Waals surface area contributed by atoms with Crippen LogP contribution in [0.25, 0.3) is 38.8 Å². The van der Waals surface area contributed by atoms with Gasteiger partial charge >= 0.3 is 0 Å². The third-order valence-electron chi connectivity index (χ3n) is 11.4. The first kappa shape index (κ1) is 41.1. The first-order valence-corrected chi connectivity index (χ1v) is 20.5.